The van der Waals surface area contributed by atoms with Crippen LogP contribution in [0.5, 0.6) is 0 Å². The fourth-order valence-electron chi connectivity index (χ4n) is 2.16. The zero-order valence-electron chi connectivity index (χ0n) is 11.3. The van der Waals surface area contributed by atoms with Crippen LogP contribution in [0.15, 0.2) is 16.0 Å². The molecule has 2 heterocycles. The number of H-pyrrole nitrogens is 1. The largest absolute Gasteiger partial charge is 0.344 e. The average molecular weight is 309 g/mol. The van der Waals surface area contributed by atoms with Gasteiger partial charge in [0.05, 0.1) is 5.75 Å². The van der Waals surface area contributed by atoms with E-state index in [9.17, 15) is 9.59 Å². The molecule has 20 heavy (non-hydrogen) atoms. The van der Waals surface area contributed by atoms with Crippen LogP contribution < -0.4 is 5.69 Å². The fraction of sp³-hybridized carbons (Fsp3) is 0.462. The topological polar surface area (TPSA) is 67.8 Å². The number of aromatic nitrogens is 3. The molecule has 5 nitrogen and oxygen atoms in total. The first-order valence-corrected chi connectivity index (χ1v) is 8.26. The highest BCUT2D eigenvalue weighted by Crippen LogP contribution is 2.36. The van der Waals surface area contributed by atoms with Gasteiger partial charge in [-0.05, 0) is 32.8 Å². The van der Waals surface area contributed by atoms with E-state index in [0.29, 0.717) is 10.9 Å². The van der Waals surface area contributed by atoms with Crippen LogP contribution in [0.3, 0.4) is 0 Å². The normalized spacial score (nSPS) is 14.7. The molecule has 0 saturated heterocycles. The Bertz CT molecular complexity index is 710. The molecule has 0 atom stereocenters. The Hall–Kier alpha value is -1.34. The minimum atomic E-state index is -0.176. The number of rotatable bonds is 5. The van der Waals surface area contributed by atoms with Gasteiger partial charge in [0.15, 0.2) is 10.9 Å². The molecule has 1 aliphatic carbocycles. The maximum Gasteiger partial charge on any atom is 0.344 e. The average Bonchev–Trinajstić information content (AvgIpc) is 3.08. The molecule has 0 amide bonds. The lowest BCUT2D eigenvalue weighted by atomic mass is 10.2. The molecule has 0 bridgehead atoms. The fourth-order valence-corrected chi connectivity index (χ4v) is 4.00. The Morgan fingerprint density at radius 3 is 2.90 bits per heavy atom. The molecule has 0 aliphatic heterocycles. The number of carbonyl (C=O) groups excluding carboxylic acids is 1. The summed E-state index contributed by atoms with van der Waals surface area (Å²) in [6.45, 7) is 3.96. The van der Waals surface area contributed by atoms with Crippen LogP contribution in [-0.4, -0.2) is 26.3 Å². The highest BCUT2D eigenvalue weighted by Gasteiger charge is 2.28. The van der Waals surface area contributed by atoms with Crippen molar-refractivity contribution in [2.24, 2.45) is 0 Å². The number of aryl methyl sites for hydroxylation is 2. The van der Waals surface area contributed by atoms with E-state index in [1.54, 1.807) is 15.9 Å². The molecule has 2 aromatic rings. The number of nitrogens with zero attached hydrogens (tertiary/aromatic N) is 2. The van der Waals surface area contributed by atoms with E-state index in [-0.39, 0.29) is 17.5 Å². The molecule has 3 rings (SSSR count). The van der Waals surface area contributed by atoms with Crippen molar-refractivity contribution >= 4 is 28.9 Å². The second kappa shape index (κ2) is 5.21. The Kier molecular flexibility index (Phi) is 3.55. The van der Waals surface area contributed by atoms with Crippen molar-refractivity contribution in [3.8, 4) is 0 Å². The van der Waals surface area contributed by atoms with Crippen molar-refractivity contribution in [3.05, 3.63) is 31.9 Å². The molecule has 2 aromatic heterocycles. The van der Waals surface area contributed by atoms with Gasteiger partial charge in [0, 0.05) is 21.4 Å². The summed E-state index contributed by atoms with van der Waals surface area (Å²) in [5.41, 5.74) is 0.612. The minimum Gasteiger partial charge on any atom is -0.293 e. The van der Waals surface area contributed by atoms with Crippen LogP contribution >= 0.6 is 23.1 Å². The quantitative estimate of drug-likeness (QED) is 0.681. The Balaban J connectivity index is 1.72. The number of thiophene rings is 1. The highest BCUT2D eigenvalue weighted by molar-refractivity contribution is 7.99. The van der Waals surface area contributed by atoms with Gasteiger partial charge in [-0.2, -0.15) is 0 Å². The number of hydrogen-bond acceptors (Lipinski definition) is 5. The van der Waals surface area contributed by atoms with Gasteiger partial charge < -0.3 is 0 Å². The van der Waals surface area contributed by atoms with Gasteiger partial charge in [-0.1, -0.05) is 11.8 Å². The van der Waals surface area contributed by atoms with E-state index < -0.39 is 0 Å². The Morgan fingerprint density at radius 1 is 1.55 bits per heavy atom. The number of ketones is 1. The van der Waals surface area contributed by atoms with Crippen LogP contribution in [0.2, 0.25) is 0 Å². The molecular weight excluding hydrogens is 294 g/mol. The van der Waals surface area contributed by atoms with Crippen molar-refractivity contribution < 1.29 is 4.79 Å². The standard InChI is InChI=1S/C13H15N3O2S2/c1-7-5-10(8(2)20-7)11(17)6-19-13-15-14-12(18)16(13)9-3-4-9/h5,9H,3-4,6H2,1-2H3,(H,14,18). The van der Waals surface area contributed by atoms with E-state index in [0.717, 1.165) is 28.2 Å². The molecule has 0 aromatic carbocycles. The van der Waals surface area contributed by atoms with Crippen LogP contribution in [0, 0.1) is 13.8 Å². The number of hydrogen-bond donors (Lipinski definition) is 1. The van der Waals surface area contributed by atoms with Crippen molar-refractivity contribution in [2.75, 3.05) is 5.75 Å². The summed E-state index contributed by atoms with van der Waals surface area (Å²) in [4.78, 5) is 26.1. The number of carbonyl (C=O) groups is 1. The molecule has 1 N–H and O–H groups in total. The zero-order valence-corrected chi connectivity index (χ0v) is 12.9. The first-order valence-electron chi connectivity index (χ1n) is 6.46. The van der Waals surface area contributed by atoms with E-state index >= 15 is 0 Å². The predicted octanol–water partition coefficient (Wildman–Crippen LogP) is 2.56. The van der Waals surface area contributed by atoms with Gasteiger partial charge in [0.1, 0.15) is 0 Å². The van der Waals surface area contributed by atoms with E-state index in [2.05, 4.69) is 10.2 Å². The summed E-state index contributed by atoms with van der Waals surface area (Å²) in [5, 5.41) is 7.09. The van der Waals surface area contributed by atoms with Crippen LogP contribution in [0.1, 0.15) is 39.0 Å². The molecule has 0 radical (unpaired) electrons. The summed E-state index contributed by atoms with van der Waals surface area (Å²) in [7, 11) is 0. The van der Waals surface area contributed by atoms with E-state index in [4.69, 9.17) is 0 Å². The second-order valence-corrected chi connectivity index (χ2v) is 7.35. The first kappa shape index (κ1) is 13.6. The van der Waals surface area contributed by atoms with Gasteiger partial charge in [-0.25, -0.2) is 9.89 Å². The molecule has 1 fully saturated rings. The van der Waals surface area contributed by atoms with E-state index in [1.165, 1.54) is 11.8 Å². The van der Waals surface area contributed by atoms with Gasteiger partial charge in [0.2, 0.25) is 0 Å². The van der Waals surface area contributed by atoms with Crippen molar-refractivity contribution in [1.82, 2.24) is 14.8 Å². The second-order valence-electron chi connectivity index (χ2n) is 4.95. The van der Waals surface area contributed by atoms with Gasteiger partial charge in [-0.15, -0.1) is 16.4 Å². The molecule has 0 spiro atoms. The molecule has 7 heteroatoms. The Morgan fingerprint density at radius 2 is 2.30 bits per heavy atom. The molecule has 1 saturated carbocycles. The predicted molar refractivity (Wildman–Crippen MR) is 80.0 cm³/mol. The zero-order chi connectivity index (χ0) is 14.3. The maximum atomic E-state index is 12.2. The maximum absolute atomic E-state index is 12.2. The number of aromatic amines is 1. The van der Waals surface area contributed by atoms with E-state index in [1.807, 2.05) is 19.9 Å². The van der Waals surface area contributed by atoms with Gasteiger partial charge in [-0.3, -0.25) is 9.36 Å². The van der Waals surface area contributed by atoms with Crippen molar-refractivity contribution in [1.29, 1.82) is 0 Å². The smallest absolute Gasteiger partial charge is 0.293 e. The molecular formula is C13H15N3O2S2. The summed E-state index contributed by atoms with van der Waals surface area (Å²) < 4.78 is 1.67. The summed E-state index contributed by atoms with van der Waals surface area (Å²) in [5.74, 6) is 0.406. The summed E-state index contributed by atoms with van der Waals surface area (Å²) >= 11 is 2.97. The number of nitrogens with one attached hydrogen (secondary N) is 1. The van der Waals surface area contributed by atoms with Crippen molar-refractivity contribution in [3.63, 3.8) is 0 Å². The molecule has 0 unspecified atom stereocenters. The third-order valence-corrected chi connectivity index (χ3v) is 5.18. The van der Waals surface area contributed by atoms with Crippen molar-refractivity contribution in [2.45, 2.75) is 37.9 Å². The summed E-state index contributed by atoms with van der Waals surface area (Å²) in [6, 6.07) is 2.20. The van der Waals surface area contributed by atoms with Gasteiger partial charge in [0.25, 0.3) is 0 Å². The lowest BCUT2D eigenvalue weighted by molar-refractivity contribution is 0.102. The SMILES string of the molecule is Cc1cc(C(=O)CSc2n[nH]c(=O)n2C2CC2)c(C)s1. The van der Waals surface area contributed by atoms with Crippen LogP contribution in [-0.2, 0) is 0 Å². The number of thioether (sulfide) groups is 1. The third-order valence-electron chi connectivity index (χ3n) is 3.26. The first-order chi connectivity index (χ1) is 9.56. The third kappa shape index (κ3) is 2.60. The molecule has 1 aliphatic rings. The monoisotopic (exact) mass is 309 g/mol. The lowest BCUT2D eigenvalue weighted by Crippen LogP contribution is -2.16. The van der Waals surface area contributed by atoms with Gasteiger partial charge >= 0.3 is 5.69 Å². The highest BCUT2D eigenvalue weighted by atomic mass is 32.2. The van der Waals surface area contributed by atoms with Crippen LogP contribution in [0.25, 0.3) is 0 Å². The Labute approximate surface area is 124 Å². The summed E-state index contributed by atoms with van der Waals surface area (Å²) in [6.07, 6.45) is 2.04. The lowest BCUT2D eigenvalue weighted by Gasteiger charge is -2.02. The van der Waals surface area contributed by atoms with Crippen LogP contribution in [0.4, 0.5) is 0 Å². The minimum absolute atomic E-state index is 0.0923. The number of Topliss-reactive ketones (excluding diaryl/α,β-unsaturated/α-hetero) is 1. The molecule has 106 valence electrons.